The molecule has 0 bridgehead atoms. The first-order valence-corrected chi connectivity index (χ1v) is 7.69. The van der Waals surface area contributed by atoms with Crippen molar-refractivity contribution in [2.45, 2.75) is 25.4 Å². The Morgan fingerprint density at radius 3 is 2.71 bits per heavy atom. The number of aryl methyl sites for hydroxylation is 2. The number of benzene rings is 1. The fourth-order valence-corrected chi connectivity index (χ4v) is 3.12. The number of nitrogens with zero attached hydrogens (tertiary/aromatic N) is 3. The molecule has 1 aliphatic heterocycles. The molecule has 1 N–H and O–H groups in total. The van der Waals surface area contributed by atoms with Gasteiger partial charge in [0.1, 0.15) is 5.82 Å². The number of rotatable bonds is 3. The van der Waals surface area contributed by atoms with E-state index in [1.165, 1.54) is 18.2 Å². The third-order valence-corrected chi connectivity index (χ3v) is 4.48. The highest BCUT2D eigenvalue weighted by molar-refractivity contribution is 5.95. The molecule has 0 spiro atoms. The Bertz CT molecular complexity index is 802. The van der Waals surface area contributed by atoms with E-state index in [-0.39, 0.29) is 36.1 Å². The first-order chi connectivity index (χ1) is 11.4. The van der Waals surface area contributed by atoms with Gasteiger partial charge in [-0.25, -0.2) is 4.39 Å². The van der Waals surface area contributed by atoms with Crippen LogP contribution in [0.2, 0.25) is 0 Å². The van der Waals surface area contributed by atoms with E-state index in [0.29, 0.717) is 11.1 Å². The molecule has 2 aromatic rings. The second-order valence-corrected chi connectivity index (χ2v) is 6.08. The van der Waals surface area contributed by atoms with Gasteiger partial charge in [0.05, 0.1) is 17.8 Å². The van der Waals surface area contributed by atoms with E-state index < -0.39 is 0 Å². The number of likely N-dealkylation sites (tertiary alicyclic amines) is 1. The molecular formula is C17H19FN4O2. The Labute approximate surface area is 139 Å². The Hall–Kier alpha value is -2.70. The smallest absolute Gasteiger partial charge is 0.251 e. The second kappa shape index (κ2) is 6.07. The summed E-state index contributed by atoms with van der Waals surface area (Å²) in [7, 11) is 3.52. The van der Waals surface area contributed by atoms with Crippen molar-refractivity contribution in [3.8, 4) is 0 Å². The van der Waals surface area contributed by atoms with Gasteiger partial charge in [-0.1, -0.05) is 0 Å². The lowest BCUT2D eigenvalue weighted by Crippen LogP contribution is -2.39. The van der Waals surface area contributed by atoms with Crippen LogP contribution in [0.3, 0.4) is 0 Å². The molecule has 7 heteroatoms. The molecule has 1 saturated heterocycles. The van der Waals surface area contributed by atoms with Crippen LogP contribution in [-0.4, -0.2) is 39.6 Å². The maximum atomic E-state index is 13.4. The van der Waals surface area contributed by atoms with E-state index in [1.54, 1.807) is 36.8 Å². The van der Waals surface area contributed by atoms with Gasteiger partial charge < -0.3 is 10.2 Å². The van der Waals surface area contributed by atoms with Crippen LogP contribution in [0.5, 0.6) is 0 Å². The number of hydrogen-bond acceptors (Lipinski definition) is 3. The third kappa shape index (κ3) is 2.77. The number of nitrogens with one attached hydrogen (secondary N) is 1. The van der Waals surface area contributed by atoms with Crippen LogP contribution in [0.15, 0.2) is 30.5 Å². The summed E-state index contributed by atoms with van der Waals surface area (Å²) in [6.45, 7) is 1.61. The summed E-state index contributed by atoms with van der Waals surface area (Å²) in [6, 6.07) is 5.41. The van der Waals surface area contributed by atoms with Crippen molar-refractivity contribution < 1.29 is 14.0 Å². The predicted molar refractivity (Wildman–Crippen MR) is 85.7 cm³/mol. The minimum Gasteiger partial charge on any atom is -0.346 e. The summed E-state index contributed by atoms with van der Waals surface area (Å²) >= 11 is 0. The van der Waals surface area contributed by atoms with Crippen molar-refractivity contribution in [2.75, 3.05) is 7.05 Å². The van der Waals surface area contributed by atoms with Gasteiger partial charge in [-0.05, 0) is 36.8 Å². The van der Waals surface area contributed by atoms with E-state index in [0.717, 1.165) is 5.69 Å². The normalized spacial score (nSPS) is 20.5. The molecule has 1 fully saturated rings. The zero-order valence-corrected chi connectivity index (χ0v) is 13.8. The lowest BCUT2D eigenvalue weighted by atomic mass is 10.0. The number of aromatic nitrogens is 2. The van der Waals surface area contributed by atoms with E-state index >= 15 is 0 Å². The predicted octanol–water partition coefficient (Wildman–Crippen LogP) is 1.57. The molecule has 2 atom stereocenters. The van der Waals surface area contributed by atoms with Crippen molar-refractivity contribution in [2.24, 2.45) is 7.05 Å². The van der Waals surface area contributed by atoms with Gasteiger partial charge >= 0.3 is 0 Å². The Morgan fingerprint density at radius 1 is 1.33 bits per heavy atom. The van der Waals surface area contributed by atoms with Crippen molar-refractivity contribution in [1.29, 1.82) is 0 Å². The van der Waals surface area contributed by atoms with Crippen LogP contribution in [0.25, 0.3) is 0 Å². The monoisotopic (exact) mass is 330 g/mol. The van der Waals surface area contributed by atoms with Crippen LogP contribution in [0.1, 0.15) is 34.1 Å². The van der Waals surface area contributed by atoms with Crippen molar-refractivity contribution in [3.05, 3.63) is 53.1 Å². The summed E-state index contributed by atoms with van der Waals surface area (Å²) in [6.07, 6.45) is 1.88. The standard InChI is InChI=1S/C17H19FN4O2/c1-10-8-11(4-5-12(10)18)17(24)20-13-9-15(23)21(2)16(13)14-6-7-19-22(14)3/h4-8,13,16H,9H2,1-3H3,(H,20,24)/t13-,16-/m1/s1. The van der Waals surface area contributed by atoms with Crippen LogP contribution < -0.4 is 5.32 Å². The summed E-state index contributed by atoms with van der Waals surface area (Å²) < 4.78 is 15.1. The maximum Gasteiger partial charge on any atom is 0.251 e. The Balaban J connectivity index is 1.84. The summed E-state index contributed by atoms with van der Waals surface area (Å²) in [5.74, 6) is -0.713. The molecule has 126 valence electrons. The Morgan fingerprint density at radius 2 is 2.08 bits per heavy atom. The summed E-state index contributed by atoms with van der Waals surface area (Å²) in [4.78, 5) is 26.2. The van der Waals surface area contributed by atoms with E-state index in [1.807, 2.05) is 6.07 Å². The van der Waals surface area contributed by atoms with Crippen molar-refractivity contribution in [1.82, 2.24) is 20.0 Å². The van der Waals surface area contributed by atoms with Gasteiger partial charge in [-0.2, -0.15) is 5.10 Å². The fourth-order valence-electron chi connectivity index (χ4n) is 3.12. The number of halogens is 1. The number of carbonyl (C=O) groups is 2. The average molecular weight is 330 g/mol. The number of carbonyl (C=O) groups excluding carboxylic acids is 2. The van der Waals surface area contributed by atoms with Crippen LogP contribution in [0.4, 0.5) is 4.39 Å². The van der Waals surface area contributed by atoms with Gasteiger partial charge in [0, 0.05) is 32.3 Å². The molecule has 1 aromatic heterocycles. The molecule has 1 aliphatic rings. The first-order valence-electron chi connectivity index (χ1n) is 7.69. The van der Waals surface area contributed by atoms with Crippen LogP contribution in [-0.2, 0) is 11.8 Å². The molecule has 0 radical (unpaired) electrons. The number of amides is 2. The maximum absolute atomic E-state index is 13.4. The summed E-state index contributed by atoms with van der Waals surface area (Å²) in [5.41, 5.74) is 1.63. The quantitative estimate of drug-likeness (QED) is 0.929. The van der Waals surface area contributed by atoms with Gasteiger partial charge in [0.15, 0.2) is 0 Å². The van der Waals surface area contributed by atoms with Gasteiger partial charge in [-0.3, -0.25) is 14.3 Å². The SMILES string of the molecule is Cc1cc(C(=O)N[C@@H]2CC(=O)N(C)[C@H]2c2ccnn2C)ccc1F. The number of likely N-dealkylation sites (N-methyl/N-ethyl adjacent to an activating group) is 1. The van der Waals surface area contributed by atoms with Gasteiger partial charge in [-0.15, -0.1) is 0 Å². The van der Waals surface area contributed by atoms with Gasteiger partial charge in [0.2, 0.25) is 5.91 Å². The molecule has 3 rings (SSSR count). The Kier molecular flexibility index (Phi) is 4.09. The third-order valence-electron chi connectivity index (χ3n) is 4.48. The van der Waals surface area contributed by atoms with E-state index in [4.69, 9.17) is 0 Å². The second-order valence-electron chi connectivity index (χ2n) is 6.08. The van der Waals surface area contributed by atoms with Crippen LogP contribution >= 0.6 is 0 Å². The molecule has 2 heterocycles. The molecule has 0 aliphatic carbocycles. The zero-order valence-electron chi connectivity index (χ0n) is 13.8. The fraction of sp³-hybridized carbons (Fsp3) is 0.353. The molecule has 24 heavy (non-hydrogen) atoms. The molecule has 6 nitrogen and oxygen atoms in total. The minimum atomic E-state index is -0.365. The average Bonchev–Trinajstić information content (AvgIpc) is 3.06. The van der Waals surface area contributed by atoms with Crippen molar-refractivity contribution in [3.63, 3.8) is 0 Å². The largest absolute Gasteiger partial charge is 0.346 e. The van der Waals surface area contributed by atoms with Crippen LogP contribution in [0, 0.1) is 12.7 Å². The highest BCUT2D eigenvalue weighted by Crippen LogP contribution is 2.31. The van der Waals surface area contributed by atoms with Gasteiger partial charge in [0.25, 0.3) is 5.91 Å². The molecular weight excluding hydrogens is 311 g/mol. The lowest BCUT2D eigenvalue weighted by Gasteiger charge is -2.25. The van der Waals surface area contributed by atoms with Crippen molar-refractivity contribution >= 4 is 11.8 Å². The van der Waals surface area contributed by atoms with E-state index in [9.17, 15) is 14.0 Å². The topological polar surface area (TPSA) is 67.2 Å². The number of hydrogen-bond donors (Lipinski definition) is 1. The molecule has 0 unspecified atom stereocenters. The molecule has 1 aromatic carbocycles. The highest BCUT2D eigenvalue weighted by atomic mass is 19.1. The van der Waals surface area contributed by atoms with E-state index in [2.05, 4.69) is 10.4 Å². The molecule has 0 saturated carbocycles. The first kappa shape index (κ1) is 16.2. The zero-order chi connectivity index (χ0) is 17.4. The minimum absolute atomic E-state index is 0.0400. The summed E-state index contributed by atoms with van der Waals surface area (Å²) in [5, 5.41) is 7.04. The highest BCUT2D eigenvalue weighted by Gasteiger charge is 2.40. The molecule has 2 amide bonds. The lowest BCUT2D eigenvalue weighted by molar-refractivity contribution is -0.127.